The van der Waals surface area contributed by atoms with Gasteiger partial charge in [-0.3, -0.25) is 0 Å². The second kappa shape index (κ2) is 8.69. The summed E-state index contributed by atoms with van der Waals surface area (Å²) in [6, 6.07) is 49.9. The van der Waals surface area contributed by atoms with E-state index < -0.39 is 0 Å². The van der Waals surface area contributed by atoms with Crippen LogP contribution in [0.1, 0.15) is 0 Å². The molecule has 0 unspecified atom stereocenters. The number of aromatic nitrogens is 1. The number of fused-ring (bicyclic) bond motifs is 8. The van der Waals surface area contributed by atoms with Gasteiger partial charge in [-0.2, -0.15) is 0 Å². The molecule has 0 atom stereocenters. The summed E-state index contributed by atoms with van der Waals surface area (Å²) in [5.74, 6) is 0. The summed E-state index contributed by atoms with van der Waals surface area (Å²) in [5, 5.41) is 4.93. The molecular weight excluding hydrogens is 518 g/mol. The summed E-state index contributed by atoms with van der Waals surface area (Å²) in [6.45, 7) is 0. The number of nitrogens with zero attached hydrogens (tertiary/aromatic N) is 1. The number of hydrogen-bond acceptors (Lipinski definition) is 2. The average molecular weight is 542 g/mol. The normalized spacial score (nSPS) is 11.9. The lowest BCUT2D eigenvalue weighted by molar-refractivity contribution is 0.669. The molecule has 3 aromatic heterocycles. The number of thiophene rings is 1. The minimum absolute atomic E-state index is 0.923. The first-order chi connectivity index (χ1) is 20.3. The molecule has 3 heteroatoms. The van der Waals surface area contributed by atoms with Crippen molar-refractivity contribution in [2.75, 3.05) is 0 Å². The predicted molar refractivity (Wildman–Crippen MR) is 174 cm³/mol. The highest BCUT2D eigenvalue weighted by molar-refractivity contribution is 7.26. The Kier molecular flexibility index (Phi) is 4.80. The molecule has 3 heterocycles. The SMILES string of the molecule is c1ccc(-n2c3ccccc3c3sc4cccc(-c5ccc(-c6cccc7oc8ccccc8c67)cc5)c4c32)cc1. The van der Waals surface area contributed by atoms with Crippen molar-refractivity contribution in [2.24, 2.45) is 0 Å². The van der Waals surface area contributed by atoms with Crippen LogP contribution in [0.3, 0.4) is 0 Å². The Morgan fingerprint density at radius 3 is 1.93 bits per heavy atom. The zero-order valence-electron chi connectivity index (χ0n) is 22.0. The Bertz CT molecular complexity index is 2410. The number of furan rings is 1. The van der Waals surface area contributed by atoms with Crippen LogP contribution in [0, 0.1) is 0 Å². The summed E-state index contributed by atoms with van der Waals surface area (Å²) in [6.07, 6.45) is 0. The van der Waals surface area contributed by atoms with E-state index in [4.69, 9.17) is 4.42 Å². The molecule has 0 aliphatic carbocycles. The maximum atomic E-state index is 6.16. The first kappa shape index (κ1) is 22.7. The van der Waals surface area contributed by atoms with E-state index in [1.165, 1.54) is 64.5 Å². The molecule has 0 saturated heterocycles. The van der Waals surface area contributed by atoms with E-state index in [-0.39, 0.29) is 0 Å². The van der Waals surface area contributed by atoms with Crippen molar-refractivity contribution in [2.45, 2.75) is 0 Å². The van der Waals surface area contributed by atoms with Crippen molar-refractivity contribution in [1.82, 2.24) is 4.57 Å². The van der Waals surface area contributed by atoms with Crippen molar-refractivity contribution in [3.63, 3.8) is 0 Å². The molecule has 0 aliphatic rings. The van der Waals surface area contributed by atoms with Crippen molar-refractivity contribution < 1.29 is 4.42 Å². The summed E-state index contributed by atoms with van der Waals surface area (Å²) in [5.41, 5.74) is 10.4. The first-order valence-electron chi connectivity index (χ1n) is 13.9. The summed E-state index contributed by atoms with van der Waals surface area (Å²) in [4.78, 5) is 0. The molecule has 2 nitrogen and oxygen atoms in total. The molecule has 41 heavy (non-hydrogen) atoms. The number of para-hydroxylation sites is 3. The highest BCUT2D eigenvalue weighted by Crippen LogP contribution is 2.46. The molecule has 192 valence electrons. The van der Waals surface area contributed by atoms with Crippen LogP contribution < -0.4 is 0 Å². The largest absolute Gasteiger partial charge is 0.456 e. The van der Waals surface area contributed by atoms with E-state index in [1.807, 2.05) is 23.5 Å². The molecule has 0 fully saturated rings. The van der Waals surface area contributed by atoms with Gasteiger partial charge in [0.25, 0.3) is 0 Å². The van der Waals surface area contributed by atoms with Gasteiger partial charge in [-0.15, -0.1) is 11.3 Å². The fourth-order valence-corrected chi connectivity index (χ4v) is 7.69. The zero-order valence-corrected chi connectivity index (χ0v) is 22.9. The molecule has 6 aromatic carbocycles. The fourth-order valence-electron chi connectivity index (χ4n) is 6.44. The van der Waals surface area contributed by atoms with Crippen LogP contribution in [-0.2, 0) is 0 Å². The lowest BCUT2D eigenvalue weighted by atomic mass is 9.96. The third-order valence-corrected chi connectivity index (χ3v) is 9.40. The minimum Gasteiger partial charge on any atom is -0.456 e. The standard InChI is InChI=1S/C38H23NOS/c1-2-10-26(11-3-1)39-31-16-6-4-12-29(31)38-37(39)36-28(15-9-19-34(36)41-38)25-22-20-24(21-23-25)27-14-8-18-33-35(27)30-13-5-7-17-32(30)40-33/h1-23H. The molecule has 0 spiro atoms. The second-order valence-electron chi connectivity index (χ2n) is 10.5. The Hall–Kier alpha value is -5.12. The second-order valence-corrected chi connectivity index (χ2v) is 11.6. The van der Waals surface area contributed by atoms with Gasteiger partial charge in [0.1, 0.15) is 11.2 Å². The van der Waals surface area contributed by atoms with Gasteiger partial charge in [0, 0.05) is 31.9 Å². The van der Waals surface area contributed by atoms with Crippen LogP contribution in [0.2, 0.25) is 0 Å². The molecule has 9 aromatic rings. The Balaban J connectivity index is 1.27. The molecule has 0 amide bonds. The van der Waals surface area contributed by atoms with Gasteiger partial charge < -0.3 is 8.98 Å². The van der Waals surface area contributed by atoms with Crippen LogP contribution in [-0.4, -0.2) is 4.57 Å². The van der Waals surface area contributed by atoms with Gasteiger partial charge in [0.15, 0.2) is 0 Å². The van der Waals surface area contributed by atoms with Gasteiger partial charge in [-0.05, 0) is 58.7 Å². The molecule has 0 N–H and O–H groups in total. The maximum Gasteiger partial charge on any atom is 0.136 e. The first-order valence-corrected chi connectivity index (χ1v) is 14.7. The smallest absolute Gasteiger partial charge is 0.136 e. The molecule has 0 saturated carbocycles. The third kappa shape index (κ3) is 3.30. The Morgan fingerprint density at radius 2 is 1.12 bits per heavy atom. The van der Waals surface area contributed by atoms with Gasteiger partial charge >= 0.3 is 0 Å². The topological polar surface area (TPSA) is 18.1 Å². The molecule has 0 bridgehead atoms. The maximum absolute atomic E-state index is 6.16. The zero-order chi connectivity index (χ0) is 26.9. The summed E-state index contributed by atoms with van der Waals surface area (Å²) < 4.78 is 11.2. The van der Waals surface area contributed by atoms with Crippen LogP contribution in [0.15, 0.2) is 144 Å². The quantitative estimate of drug-likeness (QED) is 0.217. The predicted octanol–water partition coefficient (Wildman–Crippen LogP) is 11.2. The van der Waals surface area contributed by atoms with Crippen LogP contribution in [0.4, 0.5) is 0 Å². The molecule has 0 radical (unpaired) electrons. The van der Waals surface area contributed by atoms with E-state index in [9.17, 15) is 0 Å². The molecular formula is C38H23NOS. The summed E-state index contributed by atoms with van der Waals surface area (Å²) >= 11 is 1.89. The van der Waals surface area contributed by atoms with Gasteiger partial charge in [-0.1, -0.05) is 103 Å². The summed E-state index contributed by atoms with van der Waals surface area (Å²) in [7, 11) is 0. The molecule has 0 aliphatic heterocycles. The van der Waals surface area contributed by atoms with E-state index in [2.05, 4.69) is 132 Å². The van der Waals surface area contributed by atoms with Crippen LogP contribution in [0.25, 0.3) is 81.1 Å². The Morgan fingerprint density at radius 1 is 0.488 bits per heavy atom. The van der Waals surface area contributed by atoms with Gasteiger partial charge in [0.05, 0.1) is 15.7 Å². The fraction of sp³-hybridized carbons (Fsp3) is 0. The minimum atomic E-state index is 0.923. The lowest BCUT2D eigenvalue weighted by Gasteiger charge is -2.11. The number of benzene rings is 6. The van der Waals surface area contributed by atoms with Crippen molar-refractivity contribution >= 4 is 64.5 Å². The average Bonchev–Trinajstić information content (AvgIpc) is 3.70. The number of hydrogen-bond donors (Lipinski definition) is 0. The van der Waals surface area contributed by atoms with Gasteiger partial charge in [0.2, 0.25) is 0 Å². The lowest BCUT2D eigenvalue weighted by Crippen LogP contribution is -1.93. The van der Waals surface area contributed by atoms with Crippen LogP contribution >= 0.6 is 11.3 Å². The van der Waals surface area contributed by atoms with E-state index in [0.717, 1.165) is 16.6 Å². The third-order valence-electron chi connectivity index (χ3n) is 8.23. The Labute approximate surface area is 240 Å². The van der Waals surface area contributed by atoms with Crippen molar-refractivity contribution in [3.8, 4) is 27.9 Å². The highest BCUT2D eigenvalue weighted by Gasteiger charge is 2.20. The monoisotopic (exact) mass is 541 g/mol. The van der Waals surface area contributed by atoms with E-state index >= 15 is 0 Å². The molecule has 9 rings (SSSR count). The van der Waals surface area contributed by atoms with E-state index in [0.29, 0.717) is 0 Å². The van der Waals surface area contributed by atoms with E-state index in [1.54, 1.807) is 0 Å². The van der Waals surface area contributed by atoms with Crippen molar-refractivity contribution in [1.29, 1.82) is 0 Å². The number of rotatable bonds is 3. The van der Waals surface area contributed by atoms with Crippen molar-refractivity contribution in [3.05, 3.63) is 140 Å². The van der Waals surface area contributed by atoms with Gasteiger partial charge in [-0.25, -0.2) is 0 Å². The van der Waals surface area contributed by atoms with Crippen LogP contribution in [0.5, 0.6) is 0 Å². The highest BCUT2D eigenvalue weighted by atomic mass is 32.1.